The fourth-order valence-electron chi connectivity index (χ4n) is 2.95. The van der Waals surface area contributed by atoms with E-state index in [0.717, 1.165) is 5.56 Å². The third-order valence-electron chi connectivity index (χ3n) is 5.08. The minimum Gasteiger partial charge on any atom is -0.457 e. The van der Waals surface area contributed by atoms with E-state index in [4.69, 9.17) is 27.9 Å². The lowest BCUT2D eigenvalue weighted by Gasteiger charge is -2.30. The fourth-order valence-corrected chi connectivity index (χ4v) is 3.48. The summed E-state index contributed by atoms with van der Waals surface area (Å²) in [5.41, 5.74) is 2.45. The molecule has 2 aromatic heterocycles. The van der Waals surface area contributed by atoms with Gasteiger partial charge in [0.15, 0.2) is 0 Å². The van der Waals surface area contributed by atoms with E-state index < -0.39 is 0 Å². The van der Waals surface area contributed by atoms with Crippen molar-refractivity contribution in [1.29, 1.82) is 0 Å². The number of fused-ring (bicyclic) bond motifs is 2. The van der Waals surface area contributed by atoms with Crippen LogP contribution >= 0.6 is 23.2 Å². The van der Waals surface area contributed by atoms with E-state index >= 15 is 0 Å². The zero-order valence-corrected chi connectivity index (χ0v) is 17.4. The molecule has 1 aliphatic rings. The molecule has 7 nitrogen and oxygen atoms in total. The molecule has 0 radical (unpaired) electrons. The van der Waals surface area contributed by atoms with E-state index in [0.29, 0.717) is 33.3 Å². The number of hydrogen-bond acceptors (Lipinski definition) is 6. The maximum absolute atomic E-state index is 11.8. The Morgan fingerprint density at radius 3 is 2.71 bits per heavy atom. The van der Waals surface area contributed by atoms with Crippen molar-refractivity contribution >= 4 is 40.8 Å². The van der Waals surface area contributed by atoms with Crippen molar-refractivity contribution in [2.75, 3.05) is 5.32 Å². The normalized spacial score (nSPS) is 14.9. The molecule has 3 heterocycles. The molecule has 0 bridgehead atoms. The maximum Gasteiger partial charge on any atom is 0.338 e. The van der Waals surface area contributed by atoms with Crippen molar-refractivity contribution in [2.24, 2.45) is 5.41 Å². The van der Waals surface area contributed by atoms with Gasteiger partial charge in [-0.2, -0.15) is 19.6 Å². The largest absolute Gasteiger partial charge is 0.457 e. The summed E-state index contributed by atoms with van der Waals surface area (Å²) in [7, 11) is 0. The third kappa shape index (κ3) is 3.08. The molecule has 0 unspecified atom stereocenters. The molecule has 4 rings (SSSR count). The lowest BCUT2D eigenvalue weighted by atomic mass is 9.88. The van der Waals surface area contributed by atoms with Gasteiger partial charge in [0, 0.05) is 22.2 Å². The number of hydrogen-bond donors (Lipinski definition) is 1. The summed E-state index contributed by atoms with van der Waals surface area (Å²) in [6, 6.07) is 3.51. The molecule has 1 atom stereocenters. The fraction of sp³-hybridized carbons (Fsp3) is 0.368. The highest BCUT2D eigenvalue weighted by molar-refractivity contribution is 6.37. The highest BCUT2D eigenvalue weighted by Crippen LogP contribution is 2.41. The molecule has 0 fully saturated rings. The number of halogens is 2. The van der Waals surface area contributed by atoms with E-state index in [2.05, 4.69) is 48.1 Å². The van der Waals surface area contributed by atoms with Gasteiger partial charge in [-0.3, -0.25) is 0 Å². The minimum absolute atomic E-state index is 0.0259. The molecular weight excluding hydrogens is 401 g/mol. The first kappa shape index (κ1) is 19.0. The Morgan fingerprint density at radius 1 is 1.25 bits per heavy atom. The predicted octanol–water partition coefficient (Wildman–Crippen LogP) is 4.62. The van der Waals surface area contributed by atoms with Crippen LogP contribution in [0, 0.1) is 5.41 Å². The molecule has 1 aliphatic heterocycles. The van der Waals surface area contributed by atoms with Crippen LogP contribution in [0.15, 0.2) is 18.5 Å². The Bertz CT molecular complexity index is 1100. The summed E-state index contributed by atoms with van der Waals surface area (Å²) in [4.78, 5) is 20.3. The van der Waals surface area contributed by atoms with Gasteiger partial charge in [-0.15, -0.1) is 0 Å². The van der Waals surface area contributed by atoms with E-state index in [9.17, 15) is 4.79 Å². The van der Waals surface area contributed by atoms with E-state index in [1.54, 1.807) is 10.6 Å². The minimum atomic E-state index is -0.376. The van der Waals surface area contributed by atoms with Gasteiger partial charge in [0.25, 0.3) is 5.78 Å². The Kier molecular flexibility index (Phi) is 4.47. The van der Waals surface area contributed by atoms with Crippen LogP contribution < -0.4 is 5.32 Å². The molecule has 9 heteroatoms. The number of carbonyl (C=O) groups excluding carboxylic acids is 1. The molecular formula is C19H19Cl2N5O2. The summed E-state index contributed by atoms with van der Waals surface area (Å²) in [5.74, 6) is 0.647. The first-order valence-electron chi connectivity index (χ1n) is 8.82. The average Bonchev–Trinajstić information content (AvgIpc) is 3.21. The topological polar surface area (TPSA) is 81.4 Å². The van der Waals surface area contributed by atoms with Crippen molar-refractivity contribution in [3.63, 3.8) is 0 Å². The number of benzene rings is 1. The summed E-state index contributed by atoms with van der Waals surface area (Å²) >= 11 is 13.1. The Hall–Kier alpha value is -2.38. The summed E-state index contributed by atoms with van der Waals surface area (Å²) < 4.78 is 6.71. The lowest BCUT2D eigenvalue weighted by molar-refractivity contribution is 0.0535. The molecule has 1 aromatic carbocycles. The zero-order chi connectivity index (χ0) is 20.2. The number of aromatic nitrogens is 4. The van der Waals surface area contributed by atoms with E-state index in [1.807, 2.05) is 6.07 Å². The standard InChI is InChI=1S/C19H19Cl2N5O2/c1-9(19(2,3)4)24-16-14(15(21)25-18-22-8-23-26(16)18)12-5-10-7-28-17(27)11(10)6-13(12)20/h5-6,8-9,24H,7H2,1-4H3/t9-/m1/s1. The van der Waals surface area contributed by atoms with Crippen molar-refractivity contribution in [3.05, 3.63) is 39.8 Å². The zero-order valence-electron chi connectivity index (χ0n) is 15.9. The number of esters is 1. The first-order chi connectivity index (χ1) is 13.2. The van der Waals surface area contributed by atoms with Gasteiger partial charge in [0.05, 0.1) is 11.1 Å². The molecule has 28 heavy (non-hydrogen) atoms. The SMILES string of the molecule is C[C@@H](Nc1c(-c2cc3c(cc2Cl)C(=O)OC3)c(Cl)nc2ncnn12)C(C)(C)C. The van der Waals surface area contributed by atoms with Gasteiger partial charge >= 0.3 is 5.97 Å². The van der Waals surface area contributed by atoms with Gasteiger partial charge in [0.1, 0.15) is 23.9 Å². The molecule has 0 aliphatic carbocycles. The molecule has 0 saturated carbocycles. The molecule has 146 valence electrons. The lowest BCUT2D eigenvalue weighted by Crippen LogP contribution is -2.32. The van der Waals surface area contributed by atoms with Crippen LogP contribution in [-0.4, -0.2) is 31.6 Å². The first-order valence-corrected chi connectivity index (χ1v) is 9.58. The monoisotopic (exact) mass is 419 g/mol. The van der Waals surface area contributed by atoms with Gasteiger partial charge in [-0.25, -0.2) is 4.79 Å². The quantitative estimate of drug-likeness (QED) is 0.492. The van der Waals surface area contributed by atoms with Gasteiger partial charge < -0.3 is 10.1 Å². The van der Waals surface area contributed by atoms with Crippen LogP contribution in [0.25, 0.3) is 16.9 Å². The van der Waals surface area contributed by atoms with Gasteiger partial charge in [-0.05, 0) is 24.5 Å². The Labute approximate surface area is 172 Å². The van der Waals surface area contributed by atoms with Crippen LogP contribution in [0.5, 0.6) is 0 Å². The number of carbonyl (C=O) groups is 1. The third-order valence-corrected chi connectivity index (χ3v) is 5.66. The Morgan fingerprint density at radius 2 is 2.00 bits per heavy atom. The van der Waals surface area contributed by atoms with Crippen LogP contribution in [0.4, 0.5) is 5.82 Å². The molecule has 1 N–H and O–H groups in total. The maximum atomic E-state index is 11.8. The predicted molar refractivity (Wildman–Crippen MR) is 108 cm³/mol. The van der Waals surface area contributed by atoms with Crippen LogP contribution in [-0.2, 0) is 11.3 Å². The van der Waals surface area contributed by atoms with E-state index in [1.165, 1.54) is 6.33 Å². The van der Waals surface area contributed by atoms with Crippen molar-refractivity contribution in [1.82, 2.24) is 19.6 Å². The number of nitrogens with zero attached hydrogens (tertiary/aromatic N) is 4. The van der Waals surface area contributed by atoms with Gasteiger partial charge in [-0.1, -0.05) is 44.0 Å². The number of rotatable bonds is 3. The number of ether oxygens (including phenoxy) is 1. The van der Waals surface area contributed by atoms with Crippen molar-refractivity contribution in [2.45, 2.75) is 40.3 Å². The molecule has 0 spiro atoms. The van der Waals surface area contributed by atoms with Crippen LogP contribution in [0.3, 0.4) is 0 Å². The van der Waals surface area contributed by atoms with Crippen LogP contribution in [0.1, 0.15) is 43.6 Å². The van der Waals surface area contributed by atoms with Crippen LogP contribution in [0.2, 0.25) is 10.2 Å². The smallest absolute Gasteiger partial charge is 0.338 e. The van der Waals surface area contributed by atoms with Crippen molar-refractivity contribution in [3.8, 4) is 11.1 Å². The summed E-state index contributed by atoms with van der Waals surface area (Å²) in [5, 5.41) is 8.43. The average molecular weight is 420 g/mol. The van der Waals surface area contributed by atoms with E-state index in [-0.39, 0.29) is 29.2 Å². The molecule has 0 amide bonds. The molecule has 0 saturated heterocycles. The second-order valence-corrected chi connectivity index (χ2v) is 8.66. The number of nitrogens with one attached hydrogen (secondary N) is 1. The highest BCUT2D eigenvalue weighted by Gasteiger charge is 2.28. The highest BCUT2D eigenvalue weighted by atomic mass is 35.5. The molecule has 3 aromatic rings. The summed E-state index contributed by atoms with van der Waals surface area (Å²) in [6.45, 7) is 8.69. The Balaban J connectivity index is 1.96. The summed E-state index contributed by atoms with van der Waals surface area (Å²) in [6.07, 6.45) is 1.42. The van der Waals surface area contributed by atoms with Gasteiger partial charge in [0.2, 0.25) is 0 Å². The number of anilines is 1. The second-order valence-electron chi connectivity index (χ2n) is 7.90. The second kappa shape index (κ2) is 6.60. The van der Waals surface area contributed by atoms with Crippen molar-refractivity contribution < 1.29 is 9.53 Å². The number of cyclic esters (lactones) is 1.